The van der Waals surface area contributed by atoms with Crippen molar-refractivity contribution in [3.63, 3.8) is 0 Å². The monoisotopic (exact) mass is 210 g/mol. The van der Waals surface area contributed by atoms with Crippen molar-refractivity contribution in [2.75, 3.05) is 6.61 Å². The molecule has 3 nitrogen and oxygen atoms in total. The third-order valence-corrected chi connectivity index (χ3v) is 4.63. The third-order valence-electron chi connectivity index (χ3n) is 4.63. The van der Waals surface area contributed by atoms with Gasteiger partial charge in [-0.1, -0.05) is 0 Å². The maximum atomic E-state index is 5.96. The number of hydrogen-bond acceptors (Lipinski definition) is 3. The lowest BCUT2D eigenvalue weighted by Gasteiger charge is -2.48. The van der Waals surface area contributed by atoms with Crippen molar-refractivity contribution in [2.24, 2.45) is 17.7 Å². The van der Waals surface area contributed by atoms with Crippen LogP contribution in [0.2, 0.25) is 0 Å². The summed E-state index contributed by atoms with van der Waals surface area (Å²) in [5, 5.41) is 0. The van der Waals surface area contributed by atoms with Gasteiger partial charge in [0.05, 0.1) is 5.60 Å². The summed E-state index contributed by atoms with van der Waals surface area (Å²) in [5.41, 5.74) is 3.33. The summed E-state index contributed by atoms with van der Waals surface area (Å²) in [6.07, 6.45) is 9.12. The van der Waals surface area contributed by atoms with Crippen molar-refractivity contribution >= 4 is 0 Å². The van der Waals surface area contributed by atoms with Crippen molar-refractivity contribution < 1.29 is 4.74 Å². The molecule has 3 rings (SSSR count). The van der Waals surface area contributed by atoms with Crippen molar-refractivity contribution in [2.45, 2.75) is 56.6 Å². The Morgan fingerprint density at radius 1 is 1.20 bits per heavy atom. The molecular formula is C12H22N2O. The van der Waals surface area contributed by atoms with Gasteiger partial charge in [-0.2, -0.15) is 0 Å². The van der Waals surface area contributed by atoms with E-state index in [0.29, 0.717) is 6.04 Å². The van der Waals surface area contributed by atoms with E-state index in [-0.39, 0.29) is 5.60 Å². The second kappa shape index (κ2) is 3.72. The molecule has 1 spiro atoms. The van der Waals surface area contributed by atoms with Crippen LogP contribution in [0.5, 0.6) is 0 Å². The van der Waals surface area contributed by atoms with E-state index >= 15 is 0 Å². The van der Waals surface area contributed by atoms with E-state index in [1.807, 2.05) is 0 Å². The summed E-state index contributed by atoms with van der Waals surface area (Å²) in [5.74, 6) is 7.32. The molecule has 2 unspecified atom stereocenters. The molecule has 2 aliphatic carbocycles. The Morgan fingerprint density at radius 2 is 2.00 bits per heavy atom. The second-order valence-electron chi connectivity index (χ2n) is 5.67. The predicted octanol–water partition coefficient (Wildman–Crippen LogP) is 1.58. The molecule has 0 radical (unpaired) electrons. The highest BCUT2D eigenvalue weighted by molar-refractivity contribution is 4.99. The molecule has 3 aliphatic rings. The largest absolute Gasteiger partial charge is 0.375 e. The van der Waals surface area contributed by atoms with Crippen LogP contribution in [0.25, 0.3) is 0 Å². The number of hydrazine groups is 1. The van der Waals surface area contributed by atoms with Gasteiger partial charge in [-0.05, 0) is 56.8 Å². The molecule has 1 saturated heterocycles. The van der Waals surface area contributed by atoms with Gasteiger partial charge in [0.15, 0.2) is 0 Å². The van der Waals surface area contributed by atoms with Gasteiger partial charge in [0.1, 0.15) is 0 Å². The second-order valence-corrected chi connectivity index (χ2v) is 5.67. The first-order valence-electron chi connectivity index (χ1n) is 6.43. The van der Waals surface area contributed by atoms with E-state index in [0.717, 1.165) is 18.4 Å². The Balaban J connectivity index is 1.64. The molecule has 1 aliphatic heterocycles. The molecule has 0 amide bonds. The topological polar surface area (TPSA) is 47.3 Å². The molecule has 0 bridgehead atoms. The van der Waals surface area contributed by atoms with Gasteiger partial charge in [-0.25, -0.2) is 0 Å². The molecule has 0 aromatic heterocycles. The van der Waals surface area contributed by atoms with Gasteiger partial charge < -0.3 is 4.74 Å². The van der Waals surface area contributed by atoms with Crippen molar-refractivity contribution in [1.29, 1.82) is 0 Å². The maximum absolute atomic E-state index is 5.96. The normalized spacial score (nSPS) is 36.2. The Morgan fingerprint density at radius 3 is 2.53 bits per heavy atom. The average molecular weight is 210 g/mol. The molecule has 3 fully saturated rings. The Hall–Kier alpha value is -0.120. The maximum Gasteiger partial charge on any atom is 0.0685 e. The van der Waals surface area contributed by atoms with Gasteiger partial charge in [0.25, 0.3) is 0 Å². The van der Waals surface area contributed by atoms with Gasteiger partial charge in [0.2, 0.25) is 0 Å². The SMILES string of the molecule is NNC(C1CC1)C1CCOC2(CCC2)C1. The van der Waals surface area contributed by atoms with Crippen LogP contribution in [-0.2, 0) is 4.74 Å². The zero-order chi connectivity index (χ0) is 10.3. The number of ether oxygens (including phenoxy) is 1. The first-order valence-corrected chi connectivity index (χ1v) is 6.43. The lowest BCUT2D eigenvalue weighted by atomic mass is 9.70. The average Bonchev–Trinajstić information content (AvgIpc) is 3.01. The lowest BCUT2D eigenvalue weighted by Crippen LogP contribution is -2.52. The first kappa shape index (κ1) is 10.1. The summed E-state index contributed by atoms with van der Waals surface area (Å²) < 4.78 is 5.96. The molecule has 3 N–H and O–H groups in total. The number of nitrogens with two attached hydrogens (primary N) is 1. The lowest BCUT2D eigenvalue weighted by molar-refractivity contribution is -0.147. The molecule has 0 aromatic rings. The Labute approximate surface area is 91.7 Å². The Bertz CT molecular complexity index is 236. The van der Waals surface area contributed by atoms with Crippen LogP contribution >= 0.6 is 0 Å². The quantitative estimate of drug-likeness (QED) is 0.549. The zero-order valence-corrected chi connectivity index (χ0v) is 9.37. The van der Waals surface area contributed by atoms with Crippen molar-refractivity contribution in [1.82, 2.24) is 5.43 Å². The standard InChI is InChI=1S/C12H22N2O/c13-14-11(9-2-3-9)10-4-7-15-12(8-10)5-1-6-12/h9-11,14H,1-8,13H2. The highest BCUT2D eigenvalue weighted by Crippen LogP contribution is 2.47. The Kier molecular flexibility index (Phi) is 2.49. The van der Waals surface area contributed by atoms with Crippen LogP contribution in [0.1, 0.15) is 44.9 Å². The zero-order valence-electron chi connectivity index (χ0n) is 9.37. The number of nitrogens with one attached hydrogen (secondary N) is 1. The minimum absolute atomic E-state index is 0.271. The molecular weight excluding hydrogens is 188 g/mol. The molecule has 2 saturated carbocycles. The van der Waals surface area contributed by atoms with Gasteiger partial charge >= 0.3 is 0 Å². The fourth-order valence-corrected chi connectivity index (χ4v) is 3.40. The molecule has 0 aromatic carbocycles. The van der Waals surface area contributed by atoms with Gasteiger partial charge in [-0.15, -0.1) is 0 Å². The predicted molar refractivity (Wildman–Crippen MR) is 59.1 cm³/mol. The summed E-state index contributed by atoms with van der Waals surface area (Å²) in [6, 6.07) is 0.561. The molecule has 3 heteroatoms. The van der Waals surface area contributed by atoms with E-state index in [4.69, 9.17) is 10.6 Å². The molecule has 2 atom stereocenters. The fraction of sp³-hybridized carbons (Fsp3) is 1.00. The highest BCUT2D eigenvalue weighted by Gasteiger charge is 2.46. The molecule has 15 heavy (non-hydrogen) atoms. The van der Waals surface area contributed by atoms with Crippen LogP contribution in [-0.4, -0.2) is 18.2 Å². The number of rotatable bonds is 3. The van der Waals surface area contributed by atoms with E-state index in [2.05, 4.69) is 5.43 Å². The van der Waals surface area contributed by atoms with Crippen LogP contribution in [0.15, 0.2) is 0 Å². The minimum Gasteiger partial charge on any atom is -0.375 e. The van der Waals surface area contributed by atoms with Crippen LogP contribution in [0, 0.1) is 11.8 Å². The van der Waals surface area contributed by atoms with E-state index in [9.17, 15) is 0 Å². The van der Waals surface area contributed by atoms with Crippen LogP contribution in [0.4, 0.5) is 0 Å². The van der Waals surface area contributed by atoms with Gasteiger partial charge in [-0.3, -0.25) is 11.3 Å². The smallest absolute Gasteiger partial charge is 0.0685 e. The summed E-state index contributed by atoms with van der Waals surface area (Å²) in [7, 11) is 0. The molecule has 86 valence electrons. The molecule has 1 heterocycles. The van der Waals surface area contributed by atoms with Crippen molar-refractivity contribution in [3.8, 4) is 0 Å². The minimum atomic E-state index is 0.271. The van der Waals surface area contributed by atoms with E-state index in [1.165, 1.54) is 44.9 Å². The highest BCUT2D eigenvalue weighted by atomic mass is 16.5. The third kappa shape index (κ3) is 1.81. The van der Waals surface area contributed by atoms with Gasteiger partial charge in [0, 0.05) is 12.6 Å². The summed E-state index contributed by atoms with van der Waals surface area (Å²) in [4.78, 5) is 0. The van der Waals surface area contributed by atoms with E-state index < -0.39 is 0 Å². The number of hydrogen-bond donors (Lipinski definition) is 2. The fourth-order valence-electron chi connectivity index (χ4n) is 3.40. The van der Waals surface area contributed by atoms with E-state index in [1.54, 1.807) is 0 Å². The van der Waals surface area contributed by atoms with Crippen LogP contribution in [0.3, 0.4) is 0 Å². The summed E-state index contributed by atoms with van der Waals surface area (Å²) >= 11 is 0. The first-order chi connectivity index (χ1) is 7.33. The van der Waals surface area contributed by atoms with Crippen LogP contribution < -0.4 is 11.3 Å². The summed E-state index contributed by atoms with van der Waals surface area (Å²) in [6.45, 7) is 0.954. The van der Waals surface area contributed by atoms with Crippen molar-refractivity contribution in [3.05, 3.63) is 0 Å².